The van der Waals surface area contributed by atoms with Crippen molar-refractivity contribution in [1.82, 2.24) is 24.5 Å². The zero-order valence-corrected chi connectivity index (χ0v) is 19.1. The molecule has 1 N–H and O–H groups in total. The topological polar surface area (TPSA) is 67.7 Å². The highest BCUT2D eigenvalue weighted by atomic mass is 16.5. The van der Waals surface area contributed by atoms with Crippen LogP contribution in [0.25, 0.3) is 27.8 Å². The molecule has 1 aliphatic rings. The van der Waals surface area contributed by atoms with E-state index in [1.807, 2.05) is 12.3 Å². The molecule has 0 atom stereocenters. The number of pyridine rings is 1. The first-order valence-electron chi connectivity index (χ1n) is 11.4. The van der Waals surface area contributed by atoms with Gasteiger partial charge in [-0.05, 0) is 67.6 Å². The zero-order chi connectivity index (χ0) is 22.1. The molecule has 7 heteroatoms. The summed E-state index contributed by atoms with van der Waals surface area (Å²) in [6, 6.07) is 9.01. The average molecular weight is 434 g/mol. The fraction of sp³-hybridized carbons (Fsp3) is 0.440. The van der Waals surface area contributed by atoms with E-state index in [0.717, 1.165) is 55.3 Å². The van der Waals surface area contributed by atoms with E-state index in [-0.39, 0.29) is 0 Å². The number of ether oxygens (including phenoxy) is 2. The molecule has 4 aromatic rings. The Labute approximate surface area is 188 Å². The van der Waals surface area contributed by atoms with Gasteiger partial charge in [0.1, 0.15) is 6.33 Å². The summed E-state index contributed by atoms with van der Waals surface area (Å²) in [7, 11) is 3.45. The number of fused-ring (bicyclic) bond motifs is 2. The maximum Gasteiger partial charge on any atom is 0.197 e. The summed E-state index contributed by atoms with van der Waals surface area (Å²) < 4.78 is 12.6. The van der Waals surface area contributed by atoms with Crippen LogP contribution in [-0.4, -0.2) is 64.9 Å². The number of aromatic amines is 1. The molecule has 0 amide bonds. The summed E-state index contributed by atoms with van der Waals surface area (Å²) >= 11 is 0. The predicted molar refractivity (Wildman–Crippen MR) is 127 cm³/mol. The van der Waals surface area contributed by atoms with Crippen LogP contribution in [0.15, 0.2) is 36.8 Å². The van der Waals surface area contributed by atoms with Gasteiger partial charge in [-0.15, -0.1) is 0 Å². The van der Waals surface area contributed by atoms with Gasteiger partial charge in [0.25, 0.3) is 0 Å². The molecule has 0 unspecified atom stereocenters. The highest BCUT2D eigenvalue weighted by Gasteiger charge is 2.22. The fourth-order valence-corrected chi connectivity index (χ4v) is 5.03. The number of likely N-dealkylation sites (tertiary alicyclic amines) is 1. The van der Waals surface area contributed by atoms with Crippen LogP contribution in [0.2, 0.25) is 0 Å². The van der Waals surface area contributed by atoms with Crippen LogP contribution in [0.5, 0.6) is 5.75 Å². The number of H-pyrrole nitrogens is 1. The first-order valence-corrected chi connectivity index (χ1v) is 11.4. The van der Waals surface area contributed by atoms with Gasteiger partial charge in [-0.25, -0.2) is 9.50 Å². The van der Waals surface area contributed by atoms with E-state index in [1.54, 1.807) is 25.1 Å². The average Bonchev–Trinajstić information content (AvgIpc) is 3.46. The van der Waals surface area contributed by atoms with Crippen LogP contribution in [0.4, 0.5) is 0 Å². The summed E-state index contributed by atoms with van der Waals surface area (Å²) in [4.78, 5) is 10.5. The number of hydrogen-bond acceptors (Lipinski definition) is 5. The second kappa shape index (κ2) is 8.92. The smallest absolute Gasteiger partial charge is 0.197 e. The number of benzene rings is 1. The lowest BCUT2D eigenvalue weighted by Gasteiger charge is -2.32. The molecule has 0 spiro atoms. The normalized spacial score (nSPS) is 15.7. The van der Waals surface area contributed by atoms with Gasteiger partial charge in [0.15, 0.2) is 11.4 Å². The Morgan fingerprint density at radius 3 is 2.75 bits per heavy atom. The van der Waals surface area contributed by atoms with Crippen molar-refractivity contribution in [3.63, 3.8) is 0 Å². The fourth-order valence-electron chi connectivity index (χ4n) is 5.03. The lowest BCUT2D eigenvalue weighted by Crippen LogP contribution is -2.35. The van der Waals surface area contributed by atoms with Crippen molar-refractivity contribution in [3.8, 4) is 17.0 Å². The summed E-state index contributed by atoms with van der Waals surface area (Å²) in [6.07, 6.45) is 6.93. The highest BCUT2D eigenvalue weighted by molar-refractivity contribution is 5.91. The number of aromatic nitrogens is 4. The number of methoxy groups -OCH3 is 2. The lowest BCUT2D eigenvalue weighted by molar-refractivity contribution is 0.130. The molecular weight excluding hydrogens is 402 g/mol. The number of nitrogens with one attached hydrogen (secondary N) is 1. The first-order chi connectivity index (χ1) is 15.7. The van der Waals surface area contributed by atoms with Gasteiger partial charge >= 0.3 is 0 Å². The van der Waals surface area contributed by atoms with Crippen molar-refractivity contribution in [3.05, 3.63) is 47.9 Å². The Morgan fingerprint density at radius 2 is 2.00 bits per heavy atom. The van der Waals surface area contributed by atoms with Gasteiger partial charge in [-0.1, -0.05) is 13.0 Å². The molecule has 7 nitrogen and oxygen atoms in total. The van der Waals surface area contributed by atoms with Crippen molar-refractivity contribution in [1.29, 1.82) is 0 Å². The quantitative estimate of drug-likeness (QED) is 0.471. The Kier molecular flexibility index (Phi) is 5.85. The van der Waals surface area contributed by atoms with Gasteiger partial charge < -0.3 is 19.4 Å². The van der Waals surface area contributed by atoms with Crippen molar-refractivity contribution in [2.24, 2.45) is 0 Å². The number of aryl methyl sites for hydroxylation is 1. The van der Waals surface area contributed by atoms with Gasteiger partial charge in [-0.3, -0.25) is 0 Å². The van der Waals surface area contributed by atoms with Gasteiger partial charge in [0.2, 0.25) is 0 Å². The largest absolute Gasteiger partial charge is 0.493 e. The van der Waals surface area contributed by atoms with Crippen LogP contribution < -0.4 is 4.74 Å². The van der Waals surface area contributed by atoms with Crippen LogP contribution >= 0.6 is 0 Å². The molecule has 1 saturated heterocycles. The molecule has 0 saturated carbocycles. The minimum Gasteiger partial charge on any atom is -0.493 e. The van der Waals surface area contributed by atoms with Crippen LogP contribution in [-0.2, 0) is 11.2 Å². The zero-order valence-electron chi connectivity index (χ0n) is 19.1. The third kappa shape index (κ3) is 3.76. The molecular formula is C25H31N5O2. The maximum atomic E-state index is 5.58. The molecule has 3 aromatic heterocycles. The molecule has 0 radical (unpaired) electrons. The molecule has 168 valence electrons. The van der Waals surface area contributed by atoms with E-state index >= 15 is 0 Å². The second-order valence-electron chi connectivity index (χ2n) is 8.57. The SMILES string of the molecule is CCc1c(-c2cc(OC)c3ncnn3c2)[nH]c2ccc(C3CCN(CCOC)CC3)cc12. The molecule has 32 heavy (non-hydrogen) atoms. The Bertz CT molecular complexity index is 1220. The number of nitrogens with zero attached hydrogens (tertiary/aromatic N) is 4. The standard InChI is InChI=1S/C25H31N5O2/c1-4-20-21-13-18(17-7-9-29(10-8-17)11-12-31-2)5-6-22(21)28-24(20)19-14-23(32-3)25-26-16-27-30(25)15-19/h5-6,13-17,28H,4,7-12H2,1-3H3. The molecule has 0 bridgehead atoms. The summed E-state index contributed by atoms with van der Waals surface area (Å²) in [5.41, 5.74) is 6.88. The Morgan fingerprint density at radius 1 is 1.16 bits per heavy atom. The van der Waals surface area contributed by atoms with Crippen molar-refractivity contribution in [2.75, 3.05) is 40.5 Å². The van der Waals surface area contributed by atoms with E-state index in [9.17, 15) is 0 Å². The third-order valence-electron chi connectivity index (χ3n) is 6.80. The Balaban J connectivity index is 1.48. The number of hydrogen-bond donors (Lipinski definition) is 1. The molecule has 1 aromatic carbocycles. The van der Waals surface area contributed by atoms with Gasteiger partial charge in [-0.2, -0.15) is 5.10 Å². The van der Waals surface area contributed by atoms with Crippen LogP contribution in [0.3, 0.4) is 0 Å². The van der Waals surface area contributed by atoms with Gasteiger partial charge in [0, 0.05) is 36.3 Å². The van der Waals surface area contributed by atoms with E-state index in [2.05, 4.69) is 45.1 Å². The molecule has 4 heterocycles. The molecule has 0 aliphatic carbocycles. The molecule has 1 fully saturated rings. The van der Waals surface area contributed by atoms with Crippen molar-refractivity contribution < 1.29 is 9.47 Å². The van der Waals surface area contributed by atoms with E-state index in [0.29, 0.717) is 5.92 Å². The number of piperidine rings is 1. The van der Waals surface area contributed by atoms with E-state index < -0.39 is 0 Å². The molecule has 1 aliphatic heterocycles. The van der Waals surface area contributed by atoms with Crippen LogP contribution in [0.1, 0.15) is 36.8 Å². The highest BCUT2D eigenvalue weighted by Crippen LogP contribution is 2.36. The van der Waals surface area contributed by atoms with Crippen molar-refractivity contribution >= 4 is 16.6 Å². The minimum absolute atomic E-state index is 0.618. The van der Waals surface area contributed by atoms with Crippen LogP contribution in [0, 0.1) is 0 Å². The van der Waals surface area contributed by atoms with E-state index in [4.69, 9.17) is 9.47 Å². The molecule has 5 rings (SSSR count). The second-order valence-corrected chi connectivity index (χ2v) is 8.57. The minimum atomic E-state index is 0.618. The van der Waals surface area contributed by atoms with Gasteiger partial charge in [0.05, 0.1) is 19.4 Å². The summed E-state index contributed by atoms with van der Waals surface area (Å²) in [5.74, 6) is 1.34. The summed E-state index contributed by atoms with van der Waals surface area (Å²) in [5, 5.41) is 5.64. The van der Waals surface area contributed by atoms with Crippen molar-refractivity contribution in [2.45, 2.75) is 32.1 Å². The third-order valence-corrected chi connectivity index (χ3v) is 6.80. The predicted octanol–water partition coefficient (Wildman–Crippen LogP) is 4.27. The lowest BCUT2D eigenvalue weighted by atomic mass is 9.88. The Hall–Kier alpha value is -2.90. The van der Waals surface area contributed by atoms with E-state index in [1.165, 1.54) is 34.9 Å². The first kappa shape index (κ1) is 21.0. The maximum absolute atomic E-state index is 5.58. The summed E-state index contributed by atoms with van der Waals surface area (Å²) in [6.45, 7) is 6.35. The number of rotatable bonds is 7. The monoisotopic (exact) mass is 433 g/mol.